The minimum atomic E-state index is 0.143. The first kappa shape index (κ1) is 17.0. The van der Waals surface area contributed by atoms with Crippen molar-refractivity contribution in [3.63, 3.8) is 0 Å². The van der Waals surface area contributed by atoms with E-state index in [2.05, 4.69) is 88.7 Å². The molecule has 0 N–H and O–H groups in total. The molecular formula is C22H29Br. The Hall–Kier alpha value is -0.820. The van der Waals surface area contributed by atoms with Crippen molar-refractivity contribution in [2.24, 2.45) is 0 Å². The topological polar surface area (TPSA) is 0 Å². The second-order valence-electron chi connectivity index (χ2n) is 9.59. The van der Waals surface area contributed by atoms with Crippen LogP contribution in [0.25, 0.3) is 10.8 Å². The van der Waals surface area contributed by atoms with Gasteiger partial charge < -0.3 is 0 Å². The second kappa shape index (κ2) is 5.09. The van der Waals surface area contributed by atoms with Gasteiger partial charge in [0.25, 0.3) is 0 Å². The first-order valence-corrected chi connectivity index (χ1v) is 9.50. The molecule has 3 rings (SSSR count). The van der Waals surface area contributed by atoms with Crippen LogP contribution in [0.4, 0.5) is 0 Å². The summed E-state index contributed by atoms with van der Waals surface area (Å²) in [5, 5.41) is 2.79. The molecule has 2 aromatic rings. The van der Waals surface area contributed by atoms with Crippen LogP contribution >= 0.6 is 15.9 Å². The van der Waals surface area contributed by atoms with E-state index in [1.54, 1.807) is 11.1 Å². The summed E-state index contributed by atoms with van der Waals surface area (Å²) in [4.78, 5) is 0. The Labute approximate surface area is 149 Å². The standard InChI is InChI=1S/C22H29Br/c1-20(2,3)17-12-15(23)10-14-11-18-19(13-16(14)17)22(6,7)9-8-21(18,4)5/h10-13H,8-9H2,1-7H3. The van der Waals surface area contributed by atoms with Gasteiger partial charge in [0.05, 0.1) is 0 Å². The summed E-state index contributed by atoms with van der Waals surface area (Å²) < 4.78 is 1.18. The van der Waals surface area contributed by atoms with E-state index in [4.69, 9.17) is 0 Å². The number of benzene rings is 2. The third-order valence-electron chi connectivity index (χ3n) is 5.70. The van der Waals surface area contributed by atoms with Crippen LogP contribution in [0.3, 0.4) is 0 Å². The summed E-state index contributed by atoms with van der Waals surface area (Å²) in [6.07, 6.45) is 2.53. The summed E-state index contributed by atoms with van der Waals surface area (Å²) in [5.74, 6) is 0. The molecule has 0 unspecified atom stereocenters. The molecule has 0 atom stereocenters. The lowest BCUT2D eigenvalue weighted by Gasteiger charge is -2.42. The third kappa shape index (κ3) is 2.86. The van der Waals surface area contributed by atoms with Gasteiger partial charge in [-0.2, -0.15) is 0 Å². The van der Waals surface area contributed by atoms with Crippen LogP contribution in [0.1, 0.15) is 78.0 Å². The van der Waals surface area contributed by atoms with Crippen LogP contribution < -0.4 is 0 Å². The highest BCUT2D eigenvalue weighted by molar-refractivity contribution is 9.10. The fourth-order valence-corrected chi connectivity index (χ4v) is 4.49. The van der Waals surface area contributed by atoms with Crippen LogP contribution in [-0.4, -0.2) is 0 Å². The van der Waals surface area contributed by atoms with Crippen molar-refractivity contribution in [1.29, 1.82) is 0 Å². The minimum absolute atomic E-state index is 0.143. The molecule has 1 aliphatic carbocycles. The molecule has 0 spiro atoms. The second-order valence-corrected chi connectivity index (χ2v) is 10.5. The van der Waals surface area contributed by atoms with Gasteiger partial charge >= 0.3 is 0 Å². The molecule has 0 radical (unpaired) electrons. The van der Waals surface area contributed by atoms with E-state index in [1.807, 2.05) is 0 Å². The Balaban J connectivity index is 2.42. The first-order valence-electron chi connectivity index (χ1n) is 8.71. The van der Waals surface area contributed by atoms with E-state index in [1.165, 1.54) is 33.7 Å². The maximum absolute atomic E-state index is 3.72. The molecule has 1 heteroatoms. The summed E-state index contributed by atoms with van der Waals surface area (Å²) in [7, 11) is 0. The van der Waals surface area contributed by atoms with Crippen LogP contribution in [0, 0.1) is 0 Å². The van der Waals surface area contributed by atoms with Crippen molar-refractivity contribution in [3.05, 3.63) is 45.4 Å². The van der Waals surface area contributed by atoms with Gasteiger partial charge in [0.1, 0.15) is 0 Å². The first-order chi connectivity index (χ1) is 10.4. The van der Waals surface area contributed by atoms with Gasteiger partial charge in [0.2, 0.25) is 0 Å². The quantitative estimate of drug-likeness (QED) is 0.456. The van der Waals surface area contributed by atoms with Crippen molar-refractivity contribution in [2.75, 3.05) is 0 Å². The Bertz CT molecular complexity index is 773. The maximum Gasteiger partial charge on any atom is 0.0184 e. The molecule has 1 aliphatic rings. The lowest BCUT2D eigenvalue weighted by Crippen LogP contribution is -2.33. The molecular weight excluding hydrogens is 344 g/mol. The SMILES string of the molecule is CC(C)(C)c1cc(Br)cc2cc3c(cc12)C(C)(C)CCC3(C)C. The molecule has 0 heterocycles. The molecule has 0 aliphatic heterocycles. The molecule has 124 valence electrons. The van der Waals surface area contributed by atoms with Gasteiger partial charge in [0.15, 0.2) is 0 Å². The molecule has 0 nitrogen and oxygen atoms in total. The molecule has 0 fully saturated rings. The molecule has 0 saturated heterocycles. The summed E-state index contributed by atoms with van der Waals surface area (Å²) in [6, 6.07) is 9.54. The Morgan fingerprint density at radius 3 is 1.87 bits per heavy atom. The van der Waals surface area contributed by atoms with Crippen LogP contribution in [-0.2, 0) is 16.2 Å². The predicted molar refractivity (Wildman–Crippen MR) is 106 cm³/mol. The van der Waals surface area contributed by atoms with Crippen molar-refractivity contribution in [1.82, 2.24) is 0 Å². The lowest BCUT2D eigenvalue weighted by atomic mass is 9.62. The zero-order valence-electron chi connectivity index (χ0n) is 15.6. The highest BCUT2D eigenvalue weighted by Crippen LogP contribution is 2.48. The van der Waals surface area contributed by atoms with Crippen molar-refractivity contribution >= 4 is 26.7 Å². The average Bonchev–Trinajstić information content (AvgIpc) is 2.41. The molecule has 0 saturated carbocycles. The van der Waals surface area contributed by atoms with Crippen molar-refractivity contribution in [3.8, 4) is 0 Å². The minimum Gasteiger partial charge on any atom is -0.0561 e. The number of fused-ring (bicyclic) bond motifs is 2. The third-order valence-corrected chi connectivity index (χ3v) is 6.15. The van der Waals surface area contributed by atoms with E-state index in [9.17, 15) is 0 Å². The zero-order valence-corrected chi connectivity index (χ0v) is 17.2. The maximum atomic E-state index is 3.72. The monoisotopic (exact) mass is 372 g/mol. The van der Waals surface area contributed by atoms with Crippen LogP contribution in [0.15, 0.2) is 28.7 Å². The predicted octanol–water partition coefficient (Wildman–Crippen LogP) is 7.25. The van der Waals surface area contributed by atoms with E-state index < -0.39 is 0 Å². The molecule has 0 bridgehead atoms. The summed E-state index contributed by atoms with van der Waals surface area (Å²) in [5.41, 5.74) is 5.20. The van der Waals surface area contributed by atoms with Gasteiger partial charge in [-0.1, -0.05) is 76.5 Å². The molecule has 0 amide bonds. The highest BCUT2D eigenvalue weighted by atomic mass is 79.9. The fourth-order valence-electron chi connectivity index (χ4n) is 4.01. The highest BCUT2D eigenvalue weighted by Gasteiger charge is 2.37. The number of rotatable bonds is 0. The Kier molecular flexibility index (Phi) is 3.76. The van der Waals surface area contributed by atoms with Gasteiger partial charge in [0, 0.05) is 4.47 Å². The Morgan fingerprint density at radius 1 is 0.826 bits per heavy atom. The van der Waals surface area contributed by atoms with Gasteiger partial charge in [-0.05, 0) is 68.7 Å². The Morgan fingerprint density at radius 2 is 1.35 bits per heavy atom. The van der Waals surface area contributed by atoms with Gasteiger partial charge in [-0.3, -0.25) is 0 Å². The van der Waals surface area contributed by atoms with E-state index in [-0.39, 0.29) is 16.2 Å². The van der Waals surface area contributed by atoms with Crippen molar-refractivity contribution < 1.29 is 0 Å². The summed E-state index contributed by atoms with van der Waals surface area (Å²) >= 11 is 3.72. The van der Waals surface area contributed by atoms with Gasteiger partial charge in [-0.15, -0.1) is 0 Å². The molecule has 2 aromatic carbocycles. The van der Waals surface area contributed by atoms with Crippen molar-refractivity contribution in [2.45, 2.75) is 77.6 Å². The number of hydrogen-bond acceptors (Lipinski definition) is 0. The zero-order chi connectivity index (χ0) is 17.2. The molecule has 0 aromatic heterocycles. The van der Waals surface area contributed by atoms with Crippen LogP contribution in [0.5, 0.6) is 0 Å². The van der Waals surface area contributed by atoms with Gasteiger partial charge in [-0.25, -0.2) is 0 Å². The van der Waals surface area contributed by atoms with E-state index in [0.29, 0.717) is 0 Å². The smallest absolute Gasteiger partial charge is 0.0184 e. The fraction of sp³-hybridized carbons (Fsp3) is 0.545. The molecule has 23 heavy (non-hydrogen) atoms. The van der Waals surface area contributed by atoms with E-state index >= 15 is 0 Å². The largest absolute Gasteiger partial charge is 0.0561 e. The van der Waals surface area contributed by atoms with E-state index in [0.717, 1.165) is 0 Å². The lowest BCUT2D eigenvalue weighted by molar-refractivity contribution is 0.332. The van der Waals surface area contributed by atoms with Crippen LogP contribution in [0.2, 0.25) is 0 Å². The summed E-state index contributed by atoms with van der Waals surface area (Å²) in [6.45, 7) is 16.5. The normalized spacial score (nSPS) is 19.7. The number of hydrogen-bond donors (Lipinski definition) is 0. The average molecular weight is 373 g/mol. The number of halogens is 1.